The van der Waals surface area contributed by atoms with Gasteiger partial charge in [-0.3, -0.25) is 0 Å². The minimum atomic E-state index is -0.224. The van der Waals surface area contributed by atoms with Crippen LogP contribution in [-0.2, 0) is 5.41 Å². The van der Waals surface area contributed by atoms with Gasteiger partial charge in [0, 0.05) is 16.5 Å². The highest BCUT2D eigenvalue weighted by atomic mass is 35.5. The highest BCUT2D eigenvalue weighted by Gasteiger charge is 2.19. The summed E-state index contributed by atoms with van der Waals surface area (Å²) in [5.74, 6) is 1.21. The van der Waals surface area contributed by atoms with Gasteiger partial charge in [-0.15, -0.1) is 0 Å². The van der Waals surface area contributed by atoms with Gasteiger partial charge < -0.3 is 10.4 Å². The summed E-state index contributed by atoms with van der Waals surface area (Å²) < 4.78 is 0. The number of anilines is 2. The number of aromatic hydroxyl groups is 1. The topological polar surface area (TPSA) is 58.0 Å². The molecule has 0 aliphatic rings. The van der Waals surface area contributed by atoms with Crippen LogP contribution in [0.1, 0.15) is 26.6 Å². The molecular weight excluding hydrogens is 297 g/mol. The Morgan fingerprint density at radius 1 is 1.10 bits per heavy atom. The van der Waals surface area contributed by atoms with Crippen LogP contribution in [0.3, 0.4) is 0 Å². The second kappa shape index (κ2) is 5.46. The number of aromatic nitrogens is 2. The van der Waals surface area contributed by atoms with Gasteiger partial charge in [-0.1, -0.05) is 44.0 Å². The minimum absolute atomic E-state index is 0.0847. The van der Waals surface area contributed by atoms with Gasteiger partial charge in [0.1, 0.15) is 22.5 Å². The third-order valence-electron chi connectivity index (χ3n) is 2.59. The molecule has 1 aromatic heterocycles. The number of hydrogen-bond acceptors (Lipinski definition) is 4. The van der Waals surface area contributed by atoms with E-state index in [1.807, 2.05) is 20.8 Å². The van der Waals surface area contributed by atoms with Gasteiger partial charge in [0.15, 0.2) is 0 Å². The largest absolute Gasteiger partial charge is 0.506 e. The van der Waals surface area contributed by atoms with E-state index in [-0.39, 0.29) is 11.2 Å². The van der Waals surface area contributed by atoms with Crippen LogP contribution in [0.2, 0.25) is 10.2 Å². The molecule has 0 aliphatic carbocycles. The maximum Gasteiger partial charge on any atom is 0.139 e. The van der Waals surface area contributed by atoms with E-state index in [1.54, 1.807) is 18.2 Å². The van der Waals surface area contributed by atoms with E-state index in [0.717, 1.165) is 0 Å². The van der Waals surface area contributed by atoms with E-state index in [9.17, 15) is 5.11 Å². The number of nitrogens with zero attached hydrogens (tertiary/aromatic N) is 2. The molecule has 0 amide bonds. The number of hydrogen-bond donors (Lipinski definition) is 2. The predicted octanol–water partition coefficient (Wildman–Crippen LogP) is 4.53. The van der Waals surface area contributed by atoms with Crippen molar-refractivity contribution in [3.63, 3.8) is 0 Å². The van der Waals surface area contributed by atoms with Crippen molar-refractivity contribution in [1.29, 1.82) is 0 Å². The molecule has 0 bridgehead atoms. The van der Waals surface area contributed by atoms with E-state index in [4.69, 9.17) is 23.2 Å². The lowest BCUT2D eigenvalue weighted by Gasteiger charge is -2.18. The Morgan fingerprint density at radius 3 is 2.45 bits per heavy atom. The van der Waals surface area contributed by atoms with Crippen molar-refractivity contribution in [1.82, 2.24) is 9.97 Å². The van der Waals surface area contributed by atoms with Crippen molar-refractivity contribution in [3.05, 3.63) is 40.3 Å². The Hall–Kier alpha value is -1.52. The lowest BCUT2D eigenvalue weighted by molar-refractivity contribution is 0.477. The Bertz CT molecular complexity index is 639. The average molecular weight is 312 g/mol. The van der Waals surface area contributed by atoms with Crippen LogP contribution in [0.25, 0.3) is 0 Å². The fourth-order valence-corrected chi connectivity index (χ4v) is 1.92. The molecule has 0 radical (unpaired) electrons. The van der Waals surface area contributed by atoms with Crippen molar-refractivity contribution >= 4 is 34.7 Å². The molecule has 0 saturated heterocycles. The standard InChI is InChI=1S/C14H15Cl2N3O/c1-14(2,3)13-18-11(16)7-12(19-13)17-9-6-8(15)4-5-10(9)20/h4-7,20H,1-3H3,(H,17,18,19). The zero-order chi connectivity index (χ0) is 14.9. The first-order valence-electron chi connectivity index (χ1n) is 6.06. The van der Waals surface area contributed by atoms with Crippen molar-refractivity contribution in [2.45, 2.75) is 26.2 Å². The molecule has 0 spiro atoms. The smallest absolute Gasteiger partial charge is 0.139 e. The molecule has 0 saturated carbocycles. The third-order valence-corrected chi connectivity index (χ3v) is 3.02. The SMILES string of the molecule is CC(C)(C)c1nc(Cl)cc(Nc2cc(Cl)ccc2O)n1. The van der Waals surface area contributed by atoms with Crippen molar-refractivity contribution in [2.75, 3.05) is 5.32 Å². The Morgan fingerprint density at radius 2 is 1.80 bits per heavy atom. The Labute approximate surface area is 127 Å². The van der Waals surface area contributed by atoms with E-state index in [1.165, 1.54) is 6.07 Å². The fraction of sp³-hybridized carbons (Fsp3) is 0.286. The van der Waals surface area contributed by atoms with Crippen LogP contribution in [0, 0.1) is 0 Å². The molecule has 0 fully saturated rings. The summed E-state index contributed by atoms with van der Waals surface area (Å²) in [6.07, 6.45) is 0. The van der Waals surface area contributed by atoms with Crippen molar-refractivity contribution < 1.29 is 5.11 Å². The van der Waals surface area contributed by atoms with Crippen LogP contribution in [0.15, 0.2) is 24.3 Å². The van der Waals surface area contributed by atoms with Gasteiger partial charge in [0.2, 0.25) is 0 Å². The van der Waals surface area contributed by atoms with Crippen LogP contribution < -0.4 is 5.32 Å². The summed E-state index contributed by atoms with van der Waals surface area (Å²) in [5, 5.41) is 13.7. The number of rotatable bonds is 2. The summed E-state index contributed by atoms with van der Waals surface area (Å²) >= 11 is 11.9. The Balaban J connectivity index is 2.39. The van der Waals surface area contributed by atoms with Crippen LogP contribution in [0.4, 0.5) is 11.5 Å². The fourth-order valence-electron chi connectivity index (χ4n) is 1.56. The molecule has 0 unspecified atom stereocenters. The zero-order valence-electron chi connectivity index (χ0n) is 11.4. The average Bonchev–Trinajstić information content (AvgIpc) is 2.32. The van der Waals surface area contributed by atoms with E-state index >= 15 is 0 Å². The van der Waals surface area contributed by atoms with Crippen LogP contribution in [-0.4, -0.2) is 15.1 Å². The summed E-state index contributed by atoms with van der Waals surface area (Å²) in [6, 6.07) is 6.33. The van der Waals surface area contributed by atoms with Gasteiger partial charge in [-0.05, 0) is 18.2 Å². The molecule has 1 aromatic carbocycles. The zero-order valence-corrected chi connectivity index (χ0v) is 12.9. The third kappa shape index (κ3) is 3.52. The van der Waals surface area contributed by atoms with Gasteiger partial charge in [0.25, 0.3) is 0 Å². The lowest BCUT2D eigenvalue weighted by Crippen LogP contribution is -2.16. The summed E-state index contributed by atoms with van der Waals surface area (Å²) in [6.45, 7) is 6.00. The highest BCUT2D eigenvalue weighted by molar-refractivity contribution is 6.31. The second-order valence-electron chi connectivity index (χ2n) is 5.44. The lowest BCUT2D eigenvalue weighted by atomic mass is 9.96. The van der Waals surface area contributed by atoms with E-state index < -0.39 is 0 Å². The molecule has 6 heteroatoms. The van der Waals surface area contributed by atoms with Crippen LogP contribution in [0.5, 0.6) is 5.75 Å². The number of phenols is 1. The van der Waals surface area contributed by atoms with Crippen LogP contribution >= 0.6 is 23.2 Å². The molecule has 4 nitrogen and oxygen atoms in total. The van der Waals surface area contributed by atoms with Gasteiger partial charge >= 0.3 is 0 Å². The summed E-state index contributed by atoms with van der Waals surface area (Å²) in [7, 11) is 0. The van der Waals surface area contributed by atoms with E-state index in [0.29, 0.717) is 27.5 Å². The first kappa shape index (κ1) is 14.9. The summed E-state index contributed by atoms with van der Waals surface area (Å²) in [4.78, 5) is 8.62. The molecular formula is C14H15Cl2N3O. The van der Waals surface area contributed by atoms with E-state index in [2.05, 4.69) is 15.3 Å². The molecule has 1 heterocycles. The quantitative estimate of drug-likeness (QED) is 0.632. The van der Waals surface area contributed by atoms with Crippen molar-refractivity contribution in [3.8, 4) is 5.75 Å². The van der Waals surface area contributed by atoms with Gasteiger partial charge in [-0.25, -0.2) is 9.97 Å². The van der Waals surface area contributed by atoms with Gasteiger partial charge in [0.05, 0.1) is 5.69 Å². The second-order valence-corrected chi connectivity index (χ2v) is 6.26. The molecule has 20 heavy (non-hydrogen) atoms. The number of halogens is 2. The minimum Gasteiger partial charge on any atom is -0.506 e. The highest BCUT2D eigenvalue weighted by Crippen LogP contribution is 2.30. The van der Waals surface area contributed by atoms with Crippen molar-refractivity contribution in [2.24, 2.45) is 0 Å². The monoisotopic (exact) mass is 311 g/mol. The molecule has 2 N–H and O–H groups in total. The normalized spacial score (nSPS) is 11.4. The Kier molecular flexibility index (Phi) is 4.06. The predicted molar refractivity (Wildman–Crippen MR) is 82.1 cm³/mol. The molecule has 0 aliphatic heterocycles. The molecule has 106 valence electrons. The summed E-state index contributed by atoms with van der Waals surface area (Å²) in [5.41, 5.74) is 0.240. The first-order chi connectivity index (χ1) is 9.25. The number of nitrogens with one attached hydrogen (secondary N) is 1. The molecule has 0 atom stereocenters. The maximum atomic E-state index is 9.80. The first-order valence-corrected chi connectivity index (χ1v) is 6.82. The molecule has 2 aromatic rings. The number of benzene rings is 1. The number of phenolic OH excluding ortho intramolecular Hbond substituents is 1. The molecule has 2 rings (SSSR count). The van der Waals surface area contributed by atoms with Gasteiger partial charge in [-0.2, -0.15) is 0 Å². The maximum absolute atomic E-state index is 9.80.